The average molecular weight is 414 g/mol. The molecule has 0 aliphatic heterocycles. The van der Waals surface area contributed by atoms with E-state index in [-0.39, 0.29) is 5.69 Å². The van der Waals surface area contributed by atoms with Crippen molar-refractivity contribution in [2.45, 2.75) is 6.54 Å². The van der Waals surface area contributed by atoms with Gasteiger partial charge < -0.3 is 4.57 Å². The van der Waals surface area contributed by atoms with Gasteiger partial charge in [0.2, 0.25) is 0 Å². The molecule has 30 heavy (non-hydrogen) atoms. The molecule has 0 fully saturated rings. The Morgan fingerprint density at radius 1 is 1.10 bits per heavy atom. The van der Waals surface area contributed by atoms with E-state index in [1.54, 1.807) is 18.2 Å². The molecule has 0 aliphatic carbocycles. The molecule has 146 valence electrons. The zero-order valence-corrected chi connectivity index (χ0v) is 16.6. The van der Waals surface area contributed by atoms with Crippen LogP contribution >= 0.6 is 11.6 Å². The van der Waals surface area contributed by atoms with Crippen molar-refractivity contribution in [2.24, 2.45) is 0 Å². The van der Waals surface area contributed by atoms with Crippen LogP contribution < -0.4 is 0 Å². The van der Waals surface area contributed by atoms with Crippen LogP contribution in [0.5, 0.6) is 0 Å². The third-order valence-electron chi connectivity index (χ3n) is 4.88. The fraction of sp³-hybridized carbons (Fsp3) is 0.0417. The highest BCUT2D eigenvalue weighted by molar-refractivity contribution is 6.32. The molecule has 5 nitrogen and oxygen atoms in total. The van der Waals surface area contributed by atoms with Crippen molar-refractivity contribution in [3.05, 3.63) is 111 Å². The van der Waals surface area contributed by atoms with Crippen LogP contribution in [0.3, 0.4) is 0 Å². The summed E-state index contributed by atoms with van der Waals surface area (Å²) < 4.78 is 2.03. The van der Waals surface area contributed by atoms with Gasteiger partial charge in [-0.2, -0.15) is 5.26 Å². The quantitative estimate of drug-likeness (QED) is 0.218. The van der Waals surface area contributed by atoms with Crippen LogP contribution in [0, 0.1) is 21.4 Å². The SMILES string of the molecule is N#CC(=Cc1cn(Cc2cccc([N+](=O)[O-])c2)c2ccccc12)c1ccccc1Cl. The van der Waals surface area contributed by atoms with Crippen LogP contribution in [0.1, 0.15) is 16.7 Å². The Hall–Kier alpha value is -3.88. The summed E-state index contributed by atoms with van der Waals surface area (Å²) in [6.07, 6.45) is 3.78. The second kappa shape index (κ2) is 8.24. The number of halogens is 1. The number of nitriles is 1. The Kier molecular flexibility index (Phi) is 5.34. The molecule has 6 heteroatoms. The summed E-state index contributed by atoms with van der Waals surface area (Å²) in [4.78, 5) is 10.7. The molecule has 0 bridgehead atoms. The highest BCUT2D eigenvalue weighted by atomic mass is 35.5. The fourth-order valence-electron chi connectivity index (χ4n) is 3.49. The molecule has 0 N–H and O–H groups in total. The lowest BCUT2D eigenvalue weighted by atomic mass is 10.0. The van der Waals surface area contributed by atoms with E-state index < -0.39 is 4.92 Å². The minimum absolute atomic E-state index is 0.0644. The van der Waals surface area contributed by atoms with Gasteiger partial charge >= 0.3 is 0 Å². The van der Waals surface area contributed by atoms with E-state index in [4.69, 9.17) is 11.6 Å². The summed E-state index contributed by atoms with van der Waals surface area (Å²) in [6, 6.07) is 24.0. The molecule has 4 rings (SSSR count). The number of non-ortho nitro benzene ring substituents is 1. The minimum Gasteiger partial charge on any atom is -0.342 e. The van der Waals surface area contributed by atoms with E-state index in [0.717, 1.165) is 22.0 Å². The minimum atomic E-state index is -0.395. The third-order valence-corrected chi connectivity index (χ3v) is 5.21. The molecule has 3 aromatic carbocycles. The first kappa shape index (κ1) is 19.4. The van der Waals surface area contributed by atoms with E-state index in [1.165, 1.54) is 6.07 Å². The van der Waals surface area contributed by atoms with Gasteiger partial charge in [0.1, 0.15) is 0 Å². The summed E-state index contributed by atoms with van der Waals surface area (Å²) >= 11 is 6.28. The van der Waals surface area contributed by atoms with Gasteiger partial charge in [0.05, 0.1) is 16.6 Å². The lowest BCUT2D eigenvalue weighted by Crippen LogP contribution is -1.98. The largest absolute Gasteiger partial charge is 0.342 e. The van der Waals surface area contributed by atoms with E-state index >= 15 is 0 Å². The summed E-state index contributed by atoms with van der Waals surface area (Å²) in [7, 11) is 0. The molecule has 0 aliphatic rings. The van der Waals surface area contributed by atoms with Crippen LogP contribution in [0.4, 0.5) is 5.69 Å². The van der Waals surface area contributed by atoms with Crippen LogP contribution in [0.15, 0.2) is 79.0 Å². The van der Waals surface area contributed by atoms with Gasteiger partial charge in [-0.05, 0) is 23.8 Å². The lowest BCUT2D eigenvalue weighted by Gasteiger charge is -2.05. The first-order chi connectivity index (χ1) is 14.6. The number of fused-ring (bicyclic) bond motifs is 1. The Bertz CT molecular complexity index is 1330. The normalized spacial score (nSPS) is 11.4. The Labute approximate surface area is 178 Å². The van der Waals surface area contributed by atoms with E-state index in [0.29, 0.717) is 22.7 Å². The number of rotatable bonds is 5. The number of hydrogen-bond acceptors (Lipinski definition) is 3. The smallest absolute Gasteiger partial charge is 0.269 e. The zero-order chi connectivity index (χ0) is 21.1. The van der Waals surface area contributed by atoms with E-state index in [9.17, 15) is 15.4 Å². The van der Waals surface area contributed by atoms with Gasteiger partial charge in [-0.25, -0.2) is 0 Å². The van der Waals surface area contributed by atoms with Crippen molar-refractivity contribution < 1.29 is 4.92 Å². The molecule has 0 spiro atoms. The van der Waals surface area contributed by atoms with Gasteiger partial charge in [-0.1, -0.05) is 60.1 Å². The molecule has 0 amide bonds. The first-order valence-electron chi connectivity index (χ1n) is 9.25. The molecule has 1 aromatic heterocycles. The standard InChI is InChI=1S/C24H16ClN3O2/c25-23-10-3-1-8-21(23)18(14-26)13-19-16-27(24-11-4-2-9-22(19)24)15-17-6-5-7-20(12-17)28(29)30/h1-13,16H,15H2. The highest BCUT2D eigenvalue weighted by Crippen LogP contribution is 2.29. The van der Waals surface area contributed by atoms with Crippen molar-refractivity contribution in [1.82, 2.24) is 4.57 Å². The number of aromatic nitrogens is 1. The summed E-state index contributed by atoms with van der Waals surface area (Å²) in [5, 5.41) is 22.3. The van der Waals surface area contributed by atoms with Crippen molar-refractivity contribution in [3.63, 3.8) is 0 Å². The number of benzene rings is 3. The topological polar surface area (TPSA) is 71.9 Å². The molecule has 0 radical (unpaired) electrons. The second-order valence-corrected chi connectivity index (χ2v) is 7.21. The molecular weight excluding hydrogens is 398 g/mol. The molecule has 0 unspecified atom stereocenters. The van der Waals surface area contributed by atoms with Crippen LogP contribution in [-0.2, 0) is 6.54 Å². The molecule has 0 saturated heterocycles. The number of nitro groups is 1. The average Bonchev–Trinajstić information content (AvgIpc) is 3.10. The Balaban J connectivity index is 1.80. The Morgan fingerprint density at radius 3 is 2.63 bits per heavy atom. The van der Waals surface area contributed by atoms with E-state index in [1.807, 2.05) is 65.4 Å². The maximum atomic E-state index is 11.1. The van der Waals surface area contributed by atoms with Crippen molar-refractivity contribution in [1.29, 1.82) is 5.26 Å². The Morgan fingerprint density at radius 2 is 1.87 bits per heavy atom. The number of nitrogens with zero attached hydrogens (tertiary/aromatic N) is 3. The van der Waals surface area contributed by atoms with Gasteiger partial charge in [-0.3, -0.25) is 10.1 Å². The third kappa shape index (κ3) is 3.82. The van der Waals surface area contributed by atoms with Crippen molar-refractivity contribution in [2.75, 3.05) is 0 Å². The monoisotopic (exact) mass is 413 g/mol. The summed E-state index contributed by atoms with van der Waals surface area (Å²) in [5.41, 5.74) is 3.90. The van der Waals surface area contributed by atoms with E-state index in [2.05, 4.69) is 6.07 Å². The molecule has 0 atom stereocenters. The second-order valence-electron chi connectivity index (χ2n) is 6.81. The molecule has 1 heterocycles. The molecular formula is C24H16ClN3O2. The van der Waals surface area contributed by atoms with Crippen LogP contribution in [0.2, 0.25) is 5.02 Å². The molecule has 0 saturated carbocycles. The predicted octanol–water partition coefficient (Wildman–Crippen LogP) is 6.32. The fourth-order valence-corrected chi connectivity index (χ4v) is 3.73. The summed E-state index contributed by atoms with van der Waals surface area (Å²) in [5.74, 6) is 0. The van der Waals surface area contributed by atoms with Crippen LogP contribution in [0.25, 0.3) is 22.6 Å². The van der Waals surface area contributed by atoms with Gasteiger partial charge in [0.25, 0.3) is 5.69 Å². The predicted molar refractivity (Wildman–Crippen MR) is 119 cm³/mol. The molecule has 4 aromatic rings. The number of hydrogen-bond donors (Lipinski definition) is 0. The number of allylic oxidation sites excluding steroid dienone is 1. The van der Waals surface area contributed by atoms with Gasteiger partial charge in [0.15, 0.2) is 0 Å². The lowest BCUT2D eigenvalue weighted by molar-refractivity contribution is -0.384. The number of nitro benzene ring substituents is 1. The number of para-hydroxylation sites is 1. The van der Waals surface area contributed by atoms with Crippen molar-refractivity contribution in [3.8, 4) is 6.07 Å². The zero-order valence-electron chi connectivity index (χ0n) is 15.8. The summed E-state index contributed by atoms with van der Waals surface area (Å²) in [6.45, 7) is 0.476. The maximum Gasteiger partial charge on any atom is 0.269 e. The highest BCUT2D eigenvalue weighted by Gasteiger charge is 2.12. The van der Waals surface area contributed by atoms with Crippen LogP contribution in [-0.4, -0.2) is 9.49 Å². The van der Waals surface area contributed by atoms with Gasteiger partial charge in [-0.15, -0.1) is 0 Å². The maximum absolute atomic E-state index is 11.1. The van der Waals surface area contributed by atoms with Gasteiger partial charge in [0, 0.05) is 51.9 Å². The first-order valence-corrected chi connectivity index (χ1v) is 9.62. The van der Waals surface area contributed by atoms with Crippen molar-refractivity contribution >= 4 is 39.8 Å².